The van der Waals surface area contributed by atoms with Crippen LogP contribution in [0.1, 0.15) is 19.3 Å². The van der Waals surface area contributed by atoms with Crippen molar-refractivity contribution < 1.29 is 22.7 Å². The van der Waals surface area contributed by atoms with Crippen molar-refractivity contribution in [2.75, 3.05) is 19.4 Å². The quantitative estimate of drug-likeness (QED) is 0.692. The molecule has 0 bridgehead atoms. The van der Waals surface area contributed by atoms with Crippen LogP contribution >= 0.6 is 0 Å². The van der Waals surface area contributed by atoms with Gasteiger partial charge in [-0.1, -0.05) is 0 Å². The monoisotopic (exact) mass is 304 g/mol. The van der Waals surface area contributed by atoms with E-state index < -0.39 is 21.4 Å². The minimum atomic E-state index is -3.93. The first kappa shape index (κ1) is 15.0. The number of methoxy groups -OCH3 is 1. The lowest BCUT2D eigenvalue weighted by Gasteiger charge is -2.36. The Morgan fingerprint density at radius 3 is 2.60 bits per heavy atom. The molecule has 1 fully saturated rings. The number of anilines is 1. The zero-order chi connectivity index (χ0) is 15.0. The smallest absolute Gasteiger partial charge is 0.240 e. The molecule has 0 unspecified atom stereocenters. The van der Waals surface area contributed by atoms with E-state index in [4.69, 9.17) is 10.5 Å². The van der Waals surface area contributed by atoms with Gasteiger partial charge in [-0.3, -0.25) is 0 Å². The van der Waals surface area contributed by atoms with Crippen molar-refractivity contribution in [3.05, 3.63) is 17.9 Å². The van der Waals surface area contributed by atoms with Gasteiger partial charge in [-0.05, 0) is 31.4 Å². The van der Waals surface area contributed by atoms with Crippen LogP contribution < -0.4 is 15.2 Å². The molecule has 2 rings (SSSR count). The van der Waals surface area contributed by atoms with E-state index in [9.17, 15) is 17.9 Å². The van der Waals surface area contributed by atoms with Gasteiger partial charge in [0.2, 0.25) is 10.0 Å². The van der Waals surface area contributed by atoms with Crippen LogP contribution in [-0.4, -0.2) is 32.8 Å². The summed E-state index contributed by atoms with van der Waals surface area (Å²) in [6.45, 7) is -0.0944. The van der Waals surface area contributed by atoms with Crippen molar-refractivity contribution in [1.82, 2.24) is 4.72 Å². The molecule has 0 aromatic heterocycles. The van der Waals surface area contributed by atoms with Crippen LogP contribution in [0.3, 0.4) is 0 Å². The summed E-state index contributed by atoms with van der Waals surface area (Å²) in [6, 6.07) is 1.96. The summed E-state index contributed by atoms with van der Waals surface area (Å²) in [5.74, 6) is -1.04. The molecule has 0 atom stereocenters. The van der Waals surface area contributed by atoms with Crippen LogP contribution in [0, 0.1) is 5.82 Å². The molecule has 8 heteroatoms. The molecule has 0 amide bonds. The Labute approximate surface area is 116 Å². The van der Waals surface area contributed by atoms with Crippen LogP contribution in [0.4, 0.5) is 10.1 Å². The zero-order valence-corrected chi connectivity index (χ0v) is 11.8. The molecular formula is C12H17FN2O4S. The third-order valence-electron chi connectivity index (χ3n) is 3.44. The molecule has 0 radical (unpaired) electrons. The highest BCUT2D eigenvalue weighted by molar-refractivity contribution is 7.89. The van der Waals surface area contributed by atoms with E-state index in [1.54, 1.807) is 0 Å². The fraction of sp³-hybridized carbons (Fsp3) is 0.500. The van der Waals surface area contributed by atoms with Crippen LogP contribution in [-0.2, 0) is 10.0 Å². The highest BCUT2D eigenvalue weighted by atomic mass is 32.2. The molecule has 20 heavy (non-hydrogen) atoms. The van der Waals surface area contributed by atoms with Gasteiger partial charge in [0, 0.05) is 6.54 Å². The first-order chi connectivity index (χ1) is 9.27. The molecule has 1 aliphatic carbocycles. The lowest BCUT2D eigenvalue weighted by Crippen LogP contribution is -2.47. The van der Waals surface area contributed by atoms with Crippen molar-refractivity contribution in [2.45, 2.75) is 29.8 Å². The fourth-order valence-corrected chi connectivity index (χ4v) is 3.20. The van der Waals surface area contributed by atoms with Crippen molar-refractivity contribution in [3.8, 4) is 5.75 Å². The van der Waals surface area contributed by atoms with Crippen molar-refractivity contribution >= 4 is 15.7 Å². The standard InChI is InChI=1S/C12H17FN2O4S/c1-19-11-9(13)5-8(6-10(11)14)20(17,18)15-7-12(16)3-2-4-12/h5-6,15-16H,2-4,7,14H2,1H3. The number of halogens is 1. The summed E-state index contributed by atoms with van der Waals surface area (Å²) in [5, 5.41) is 9.87. The number of benzene rings is 1. The van der Waals surface area contributed by atoms with E-state index in [0.717, 1.165) is 18.6 Å². The summed E-state index contributed by atoms with van der Waals surface area (Å²) < 4.78 is 44.7. The molecule has 4 N–H and O–H groups in total. The van der Waals surface area contributed by atoms with Crippen LogP contribution in [0.25, 0.3) is 0 Å². The summed E-state index contributed by atoms with van der Waals surface area (Å²) in [6.07, 6.45) is 1.96. The van der Waals surface area contributed by atoms with E-state index >= 15 is 0 Å². The number of nitrogens with two attached hydrogens (primary N) is 1. The van der Waals surface area contributed by atoms with Crippen LogP contribution in [0.5, 0.6) is 5.75 Å². The lowest BCUT2D eigenvalue weighted by atomic mass is 9.81. The Balaban J connectivity index is 2.21. The third-order valence-corrected chi connectivity index (χ3v) is 4.82. The maximum atomic E-state index is 13.6. The van der Waals surface area contributed by atoms with Crippen molar-refractivity contribution in [1.29, 1.82) is 0 Å². The van der Waals surface area contributed by atoms with Crippen LogP contribution in [0.15, 0.2) is 17.0 Å². The molecule has 0 heterocycles. The number of sulfonamides is 1. The topological polar surface area (TPSA) is 102 Å². The van der Waals surface area contributed by atoms with Crippen molar-refractivity contribution in [3.63, 3.8) is 0 Å². The number of nitrogens with one attached hydrogen (secondary N) is 1. The molecule has 0 saturated heterocycles. The summed E-state index contributed by atoms with van der Waals surface area (Å²) in [7, 11) is -2.68. The first-order valence-corrected chi connectivity index (χ1v) is 7.61. The highest BCUT2D eigenvalue weighted by Gasteiger charge is 2.35. The number of hydrogen-bond donors (Lipinski definition) is 3. The maximum absolute atomic E-state index is 13.6. The van der Waals surface area contributed by atoms with E-state index in [-0.39, 0.29) is 22.9 Å². The number of ether oxygens (including phenoxy) is 1. The first-order valence-electron chi connectivity index (χ1n) is 6.12. The van der Waals surface area contributed by atoms with E-state index in [2.05, 4.69) is 4.72 Å². The highest BCUT2D eigenvalue weighted by Crippen LogP contribution is 2.32. The van der Waals surface area contributed by atoms with E-state index in [1.165, 1.54) is 7.11 Å². The summed E-state index contributed by atoms with van der Waals surface area (Å²) in [5.41, 5.74) is 4.44. The predicted octanol–water partition coefficient (Wildman–Crippen LogP) is 0.610. The molecule has 1 saturated carbocycles. The SMILES string of the molecule is COc1c(N)cc(S(=O)(=O)NCC2(O)CCC2)cc1F. The number of rotatable bonds is 5. The van der Waals surface area contributed by atoms with Gasteiger partial charge in [-0.25, -0.2) is 17.5 Å². The number of aliphatic hydroxyl groups is 1. The minimum Gasteiger partial charge on any atom is -0.492 e. The average Bonchev–Trinajstić information content (AvgIpc) is 2.34. The molecule has 112 valence electrons. The molecule has 1 aromatic carbocycles. The van der Waals surface area contributed by atoms with Crippen molar-refractivity contribution in [2.24, 2.45) is 0 Å². The van der Waals surface area contributed by atoms with E-state index in [1.807, 2.05) is 0 Å². The number of hydrogen-bond acceptors (Lipinski definition) is 5. The van der Waals surface area contributed by atoms with Gasteiger partial charge in [-0.2, -0.15) is 0 Å². The fourth-order valence-electron chi connectivity index (χ4n) is 2.03. The Kier molecular flexibility index (Phi) is 3.90. The Morgan fingerprint density at radius 1 is 1.50 bits per heavy atom. The molecule has 0 aliphatic heterocycles. The Bertz CT molecular complexity index is 591. The summed E-state index contributed by atoms with van der Waals surface area (Å²) in [4.78, 5) is -0.295. The predicted molar refractivity (Wildman–Crippen MR) is 71.4 cm³/mol. The van der Waals surface area contributed by atoms with Gasteiger partial charge in [-0.15, -0.1) is 0 Å². The second-order valence-corrected chi connectivity index (χ2v) is 6.70. The molecule has 1 aliphatic rings. The Morgan fingerprint density at radius 2 is 2.15 bits per heavy atom. The Hall–Kier alpha value is -1.38. The second kappa shape index (κ2) is 5.19. The van der Waals surface area contributed by atoms with E-state index in [0.29, 0.717) is 12.8 Å². The maximum Gasteiger partial charge on any atom is 0.240 e. The van der Waals surface area contributed by atoms with Gasteiger partial charge in [0.1, 0.15) is 0 Å². The molecule has 1 aromatic rings. The van der Waals surface area contributed by atoms with Gasteiger partial charge in [0.15, 0.2) is 11.6 Å². The van der Waals surface area contributed by atoms with Crippen LogP contribution in [0.2, 0.25) is 0 Å². The zero-order valence-electron chi connectivity index (χ0n) is 11.0. The van der Waals surface area contributed by atoms with Gasteiger partial charge >= 0.3 is 0 Å². The lowest BCUT2D eigenvalue weighted by molar-refractivity contribution is -0.0270. The number of nitrogen functional groups attached to an aromatic ring is 1. The molecule has 6 nitrogen and oxygen atoms in total. The average molecular weight is 304 g/mol. The molecule has 0 spiro atoms. The largest absolute Gasteiger partial charge is 0.492 e. The molecular weight excluding hydrogens is 287 g/mol. The third kappa shape index (κ3) is 2.87. The second-order valence-electron chi connectivity index (χ2n) is 4.93. The summed E-state index contributed by atoms with van der Waals surface area (Å²) >= 11 is 0. The minimum absolute atomic E-state index is 0.0944. The normalized spacial score (nSPS) is 17.6. The van der Waals surface area contributed by atoms with Gasteiger partial charge < -0.3 is 15.6 Å². The van der Waals surface area contributed by atoms with Gasteiger partial charge in [0.25, 0.3) is 0 Å². The van der Waals surface area contributed by atoms with Gasteiger partial charge in [0.05, 0.1) is 23.3 Å².